The van der Waals surface area contributed by atoms with Crippen LogP contribution in [0.25, 0.3) is 0 Å². The largest absolute Gasteiger partial charge is 0.493 e. The van der Waals surface area contributed by atoms with Crippen molar-refractivity contribution in [3.05, 3.63) is 59.2 Å². The van der Waals surface area contributed by atoms with Crippen molar-refractivity contribution in [3.8, 4) is 11.5 Å². The fraction of sp³-hybridized carbons (Fsp3) is 0.176. The molecule has 2 rings (SSSR count). The van der Waals surface area contributed by atoms with Crippen molar-refractivity contribution in [1.82, 2.24) is 0 Å². The van der Waals surface area contributed by atoms with Crippen LogP contribution >= 0.6 is 0 Å². The Labute approximate surface area is 133 Å². The normalized spacial score (nSPS) is 10.0. The lowest BCUT2D eigenvalue weighted by Gasteiger charge is -2.10. The predicted octanol–water partition coefficient (Wildman–Crippen LogP) is 2.76. The van der Waals surface area contributed by atoms with Crippen molar-refractivity contribution in [1.29, 1.82) is 0 Å². The van der Waals surface area contributed by atoms with E-state index in [-0.39, 0.29) is 17.7 Å². The van der Waals surface area contributed by atoms with Gasteiger partial charge >= 0.3 is 11.9 Å². The van der Waals surface area contributed by atoms with E-state index < -0.39 is 11.9 Å². The van der Waals surface area contributed by atoms with Crippen LogP contribution in [0.4, 0.5) is 0 Å². The first kappa shape index (κ1) is 16.4. The van der Waals surface area contributed by atoms with Gasteiger partial charge in [-0.2, -0.15) is 0 Å². The van der Waals surface area contributed by atoms with Gasteiger partial charge < -0.3 is 19.3 Å². The van der Waals surface area contributed by atoms with Gasteiger partial charge in [-0.05, 0) is 29.8 Å². The summed E-state index contributed by atoms with van der Waals surface area (Å²) in [6, 6.07) is 11.0. The van der Waals surface area contributed by atoms with Crippen LogP contribution in [0, 0.1) is 0 Å². The summed E-state index contributed by atoms with van der Waals surface area (Å²) in [5, 5.41) is 9.09. The summed E-state index contributed by atoms with van der Waals surface area (Å²) < 4.78 is 15.5. The SMILES string of the molecule is COc1ccc(COC(=O)c2ccccc2C(=O)O)cc1OC. The third-order valence-electron chi connectivity index (χ3n) is 3.20. The summed E-state index contributed by atoms with van der Waals surface area (Å²) in [4.78, 5) is 23.2. The van der Waals surface area contributed by atoms with E-state index in [1.54, 1.807) is 30.3 Å². The molecule has 0 saturated carbocycles. The number of ether oxygens (including phenoxy) is 3. The van der Waals surface area contributed by atoms with Gasteiger partial charge in [0.2, 0.25) is 0 Å². The molecule has 0 aliphatic rings. The topological polar surface area (TPSA) is 82.1 Å². The van der Waals surface area contributed by atoms with E-state index in [0.717, 1.165) is 0 Å². The highest BCUT2D eigenvalue weighted by Crippen LogP contribution is 2.27. The van der Waals surface area contributed by atoms with E-state index in [9.17, 15) is 9.59 Å². The highest BCUT2D eigenvalue weighted by atomic mass is 16.5. The summed E-state index contributed by atoms with van der Waals surface area (Å²) in [5.74, 6) is -0.785. The van der Waals surface area contributed by atoms with E-state index >= 15 is 0 Å². The van der Waals surface area contributed by atoms with Crippen LogP contribution < -0.4 is 9.47 Å². The van der Waals surface area contributed by atoms with Crippen LogP contribution in [0.3, 0.4) is 0 Å². The Morgan fingerprint density at radius 2 is 1.61 bits per heavy atom. The fourth-order valence-corrected chi connectivity index (χ4v) is 2.04. The maximum absolute atomic E-state index is 12.1. The number of carbonyl (C=O) groups is 2. The number of hydrogen-bond donors (Lipinski definition) is 1. The van der Waals surface area contributed by atoms with Gasteiger partial charge in [-0.1, -0.05) is 18.2 Å². The average Bonchev–Trinajstić information content (AvgIpc) is 2.59. The van der Waals surface area contributed by atoms with E-state index in [4.69, 9.17) is 19.3 Å². The summed E-state index contributed by atoms with van der Waals surface area (Å²) >= 11 is 0. The zero-order valence-electron chi connectivity index (χ0n) is 12.7. The lowest BCUT2D eigenvalue weighted by Crippen LogP contribution is -2.11. The van der Waals surface area contributed by atoms with Gasteiger partial charge in [-0.25, -0.2) is 9.59 Å². The van der Waals surface area contributed by atoms with E-state index in [2.05, 4.69) is 0 Å². The predicted molar refractivity (Wildman–Crippen MR) is 82.1 cm³/mol. The fourth-order valence-electron chi connectivity index (χ4n) is 2.04. The number of esters is 1. The van der Waals surface area contributed by atoms with Crippen LogP contribution in [-0.4, -0.2) is 31.3 Å². The maximum Gasteiger partial charge on any atom is 0.339 e. The molecule has 0 aromatic heterocycles. The zero-order valence-corrected chi connectivity index (χ0v) is 12.7. The number of carboxylic acid groups (broad SMARTS) is 1. The Balaban J connectivity index is 2.12. The molecule has 0 fully saturated rings. The second-order valence-electron chi connectivity index (χ2n) is 4.62. The first-order valence-corrected chi connectivity index (χ1v) is 6.77. The Morgan fingerprint density at radius 1 is 0.957 bits per heavy atom. The van der Waals surface area contributed by atoms with Gasteiger partial charge in [0.25, 0.3) is 0 Å². The molecule has 2 aromatic rings. The number of hydrogen-bond acceptors (Lipinski definition) is 5. The molecule has 0 radical (unpaired) electrons. The second-order valence-corrected chi connectivity index (χ2v) is 4.62. The van der Waals surface area contributed by atoms with Crippen LogP contribution in [0.5, 0.6) is 11.5 Å². The lowest BCUT2D eigenvalue weighted by atomic mass is 10.1. The zero-order chi connectivity index (χ0) is 16.8. The number of benzene rings is 2. The molecule has 2 aromatic carbocycles. The Kier molecular flexibility index (Phi) is 5.19. The second kappa shape index (κ2) is 7.31. The van der Waals surface area contributed by atoms with Gasteiger partial charge in [-0.3, -0.25) is 0 Å². The summed E-state index contributed by atoms with van der Waals surface area (Å²) in [5.41, 5.74) is 0.620. The minimum Gasteiger partial charge on any atom is -0.493 e. The molecule has 0 aliphatic heterocycles. The number of methoxy groups -OCH3 is 2. The Morgan fingerprint density at radius 3 is 2.22 bits per heavy atom. The molecule has 0 heterocycles. The van der Waals surface area contributed by atoms with Crippen molar-refractivity contribution in [2.75, 3.05) is 14.2 Å². The molecule has 6 heteroatoms. The average molecular weight is 316 g/mol. The molecule has 0 spiro atoms. The van der Waals surface area contributed by atoms with E-state index in [0.29, 0.717) is 17.1 Å². The molecule has 0 unspecified atom stereocenters. The van der Waals surface area contributed by atoms with Crippen molar-refractivity contribution >= 4 is 11.9 Å². The lowest BCUT2D eigenvalue weighted by molar-refractivity contribution is 0.0463. The van der Waals surface area contributed by atoms with Crippen molar-refractivity contribution < 1.29 is 28.9 Å². The first-order chi connectivity index (χ1) is 11.1. The molecule has 0 bridgehead atoms. The van der Waals surface area contributed by atoms with Crippen LogP contribution in [0.2, 0.25) is 0 Å². The van der Waals surface area contributed by atoms with Crippen molar-refractivity contribution in [2.24, 2.45) is 0 Å². The molecule has 23 heavy (non-hydrogen) atoms. The van der Waals surface area contributed by atoms with E-state index in [1.165, 1.54) is 26.4 Å². The summed E-state index contributed by atoms with van der Waals surface area (Å²) in [6.07, 6.45) is 0. The van der Waals surface area contributed by atoms with Gasteiger partial charge in [0.1, 0.15) is 6.61 Å². The number of rotatable bonds is 6. The minimum atomic E-state index is -1.18. The highest BCUT2D eigenvalue weighted by molar-refractivity contribution is 6.02. The van der Waals surface area contributed by atoms with Crippen LogP contribution in [0.1, 0.15) is 26.3 Å². The Hall–Kier alpha value is -3.02. The van der Waals surface area contributed by atoms with Gasteiger partial charge in [0, 0.05) is 0 Å². The number of carboxylic acids is 1. The molecular formula is C17H16O6. The molecule has 0 atom stereocenters. The third-order valence-corrected chi connectivity index (χ3v) is 3.20. The maximum atomic E-state index is 12.1. The monoisotopic (exact) mass is 316 g/mol. The highest BCUT2D eigenvalue weighted by Gasteiger charge is 2.17. The van der Waals surface area contributed by atoms with Gasteiger partial charge in [-0.15, -0.1) is 0 Å². The van der Waals surface area contributed by atoms with Crippen molar-refractivity contribution in [3.63, 3.8) is 0 Å². The molecule has 0 aliphatic carbocycles. The Bertz CT molecular complexity index is 723. The molecular weight excluding hydrogens is 300 g/mol. The standard InChI is InChI=1S/C17H16O6/c1-21-14-8-7-11(9-15(14)22-2)10-23-17(20)13-6-4-3-5-12(13)16(18)19/h3-9H,10H2,1-2H3,(H,18,19). The molecule has 120 valence electrons. The van der Waals surface area contributed by atoms with Gasteiger partial charge in [0.15, 0.2) is 11.5 Å². The van der Waals surface area contributed by atoms with Gasteiger partial charge in [0.05, 0.1) is 25.3 Å². The van der Waals surface area contributed by atoms with Crippen LogP contribution in [0.15, 0.2) is 42.5 Å². The quantitative estimate of drug-likeness (QED) is 0.825. The first-order valence-electron chi connectivity index (χ1n) is 6.77. The van der Waals surface area contributed by atoms with Crippen molar-refractivity contribution in [2.45, 2.75) is 6.61 Å². The number of aromatic carboxylic acids is 1. The molecule has 0 saturated heterocycles. The summed E-state index contributed by atoms with van der Waals surface area (Å²) in [7, 11) is 3.04. The smallest absolute Gasteiger partial charge is 0.339 e. The molecule has 6 nitrogen and oxygen atoms in total. The molecule has 0 amide bonds. The molecule has 1 N–H and O–H groups in total. The number of carbonyl (C=O) groups excluding carboxylic acids is 1. The van der Waals surface area contributed by atoms with Crippen LogP contribution in [-0.2, 0) is 11.3 Å². The third kappa shape index (κ3) is 3.79. The van der Waals surface area contributed by atoms with E-state index in [1.807, 2.05) is 0 Å². The minimum absolute atomic E-state index is 0.00680. The summed E-state index contributed by atoms with van der Waals surface area (Å²) in [6.45, 7) is -0.00680.